The summed E-state index contributed by atoms with van der Waals surface area (Å²) in [6, 6.07) is 9.52. The lowest BCUT2D eigenvalue weighted by molar-refractivity contribution is 0.0697. The molecule has 106 valence electrons. The predicted molar refractivity (Wildman–Crippen MR) is 83.6 cm³/mol. The first kappa shape index (κ1) is 13.5. The van der Waals surface area contributed by atoms with Gasteiger partial charge in [-0.1, -0.05) is 23.5 Å². The minimum Gasteiger partial charge on any atom is -0.478 e. The summed E-state index contributed by atoms with van der Waals surface area (Å²) in [4.78, 5) is 20.2. The molecule has 0 spiro atoms. The van der Waals surface area contributed by atoms with Gasteiger partial charge in [0.1, 0.15) is 11.4 Å². The van der Waals surface area contributed by atoms with E-state index in [1.165, 1.54) is 11.3 Å². The Labute approximate surface area is 125 Å². The van der Waals surface area contributed by atoms with Crippen LogP contribution in [0.5, 0.6) is 0 Å². The van der Waals surface area contributed by atoms with Gasteiger partial charge in [-0.2, -0.15) is 0 Å². The molecule has 1 aromatic carbocycles. The molecular formula is C15H13N3O2S. The molecular weight excluding hydrogens is 286 g/mol. The second-order valence-corrected chi connectivity index (χ2v) is 5.75. The standard InChI is InChI=1S/C15H13N3O2S/c1-8-7-9(2)16-13(12(8)14(19)20)18-15-17-10-5-3-4-6-11(10)21-15/h3-7H,1-2H3,(H,19,20)(H,16,17,18). The number of benzene rings is 1. The summed E-state index contributed by atoms with van der Waals surface area (Å²) >= 11 is 1.47. The number of aromatic carboxylic acids is 1. The number of rotatable bonds is 3. The third-order valence-corrected chi connectivity index (χ3v) is 4.03. The van der Waals surface area contributed by atoms with E-state index in [0.29, 0.717) is 16.5 Å². The van der Waals surface area contributed by atoms with Crippen molar-refractivity contribution >= 4 is 38.5 Å². The number of carboxylic acid groups (broad SMARTS) is 1. The maximum Gasteiger partial charge on any atom is 0.339 e. The molecule has 0 saturated heterocycles. The minimum absolute atomic E-state index is 0.180. The van der Waals surface area contributed by atoms with Crippen LogP contribution in [0.15, 0.2) is 30.3 Å². The Balaban J connectivity index is 2.06. The Kier molecular flexibility index (Phi) is 3.31. The number of aryl methyl sites for hydroxylation is 2. The van der Waals surface area contributed by atoms with Crippen LogP contribution in [0.3, 0.4) is 0 Å². The van der Waals surface area contributed by atoms with Gasteiger partial charge in [0.2, 0.25) is 0 Å². The Morgan fingerprint density at radius 1 is 1.24 bits per heavy atom. The lowest BCUT2D eigenvalue weighted by Gasteiger charge is -2.09. The van der Waals surface area contributed by atoms with E-state index in [1.54, 1.807) is 13.0 Å². The van der Waals surface area contributed by atoms with Crippen LogP contribution in [-0.4, -0.2) is 21.0 Å². The summed E-state index contributed by atoms with van der Waals surface area (Å²) in [7, 11) is 0. The molecule has 2 aromatic heterocycles. The van der Waals surface area contributed by atoms with Crippen LogP contribution in [-0.2, 0) is 0 Å². The highest BCUT2D eigenvalue weighted by molar-refractivity contribution is 7.22. The van der Waals surface area contributed by atoms with Gasteiger partial charge in [-0.3, -0.25) is 0 Å². The molecule has 0 aliphatic carbocycles. The zero-order chi connectivity index (χ0) is 15.0. The van der Waals surface area contributed by atoms with Gasteiger partial charge < -0.3 is 10.4 Å². The minimum atomic E-state index is -0.997. The molecule has 3 aromatic rings. The Bertz CT molecular complexity index is 809. The third kappa shape index (κ3) is 2.57. The molecule has 0 fully saturated rings. The number of nitrogens with one attached hydrogen (secondary N) is 1. The number of carbonyl (C=O) groups is 1. The van der Waals surface area contributed by atoms with Crippen molar-refractivity contribution in [2.75, 3.05) is 5.32 Å². The van der Waals surface area contributed by atoms with E-state index >= 15 is 0 Å². The van der Waals surface area contributed by atoms with Crippen molar-refractivity contribution in [2.45, 2.75) is 13.8 Å². The highest BCUT2D eigenvalue weighted by atomic mass is 32.1. The van der Waals surface area contributed by atoms with Crippen LogP contribution in [0.2, 0.25) is 0 Å². The van der Waals surface area contributed by atoms with E-state index in [4.69, 9.17) is 0 Å². The smallest absolute Gasteiger partial charge is 0.339 e. The topological polar surface area (TPSA) is 75.1 Å². The summed E-state index contributed by atoms with van der Waals surface area (Å²) in [5.74, 6) is -0.664. The third-order valence-electron chi connectivity index (χ3n) is 3.08. The Morgan fingerprint density at radius 2 is 2.00 bits per heavy atom. The number of nitrogens with zero attached hydrogens (tertiary/aromatic N) is 2. The predicted octanol–water partition coefficient (Wildman–Crippen LogP) is 3.75. The van der Waals surface area contributed by atoms with Crippen molar-refractivity contribution in [1.82, 2.24) is 9.97 Å². The second-order valence-electron chi connectivity index (χ2n) is 4.72. The van der Waals surface area contributed by atoms with E-state index < -0.39 is 5.97 Å². The van der Waals surface area contributed by atoms with Crippen LogP contribution < -0.4 is 5.32 Å². The van der Waals surface area contributed by atoms with Gasteiger partial charge in [0.15, 0.2) is 5.13 Å². The summed E-state index contributed by atoms with van der Waals surface area (Å²) in [5, 5.41) is 13.0. The van der Waals surface area contributed by atoms with Crippen molar-refractivity contribution < 1.29 is 9.90 Å². The van der Waals surface area contributed by atoms with E-state index in [1.807, 2.05) is 31.2 Å². The number of para-hydroxylation sites is 1. The molecule has 0 unspecified atom stereocenters. The first-order valence-corrected chi connectivity index (χ1v) is 7.20. The van der Waals surface area contributed by atoms with Crippen LogP contribution in [0.25, 0.3) is 10.2 Å². The second kappa shape index (κ2) is 5.14. The highest BCUT2D eigenvalue weighted by Crippen LogP contribution is 2.29. The van der Waals surface area contributed by atoms with E-state index in [9.17, 15) is 9.90 Å². The van der Waals surface area contributed by atoms with Gasteiger partial charge in [0, 0.05) is 5.69 Å². The first-order valence-electron chi connectivity index (χ1n) is 6.39. The van der Waals surface area contributed by atoms with E-state index in [0.717, 1.165) is 15.9 Å². The SMILES string of the molecule is Cc1cc(C)c(C(=O)O)c(Nc2nc3ccccc3s2)n1. The molecule has 0 bridgehead atoms. The molecule has 5 nitrogen and oxygen atoms in total. The number of thiazole rings is 1. The largest absolute Gasteiger partial charge is 0.478 e. The zero-order valence-electron chi connectivity index (χ0n) is 11.5. The van der Waals surface area contributed by atoms with Crippen molar-refractivity contribution in [2.24, 2.45) is 0 Å². The lowest BCUT2D eigenvalue weighted by Crippen LogP contribution is -2.08. The molecule has 0 atom stereocenters. The molecule has 21 heavy (non-hydrogen) atoms. The van der Waals surface area contributed by atoms with Crippen molar-refractivity contribution in [1.29, 1.82) is 0 Å². The molecule has 0 aliphatic rings. The highest BCUT2D eigenvalue weighted by Gasteiger charge is 2.17. The average Bonchev–Trinajstić information content (AvgIpc) is 2.79. The average molecular weight is 299 g/mol. The van der Waals surface area contributed by atoms with Gasteiger partial charge in [-0.25, -0.2) is 14.8 Å². The fraction of sp³-hybridized carbons (Fsp3) is 0.133. The molecule has 2 heterocycles. The van der Waals surface area contributed by atoms with Crippen molar-refractivity contribution in [3.63, 3.8) is 0 Å². The molecule has 0 aliphatic heterocycles. The fourth-order valence-electron chi connectivity index (χ4n) is 2.22. The van der Waals surface area contributed by atoms with Crippen LogP contribution >= 0.6 is 11.3 Å². The Morgan fingerprint density at radius 3 is 2.71 bits per heavy atom. The van der Waals surface area contributed by atoms with Gasteiger partial charge >= 0.3 is 5.97 Å². The van der Waals surface area contributed by atoms with Gasteiger partial charge in [-0.05, 0) is 37.6 Å². The normalized spacial score (nSPS) is 10.8. The summed E-state index contributed by atoms with van der Waals surface area (Å²) in [6.07, 6.45) is 0. The van der Waals surface area contributed by atoms with Crippen molar-refractivity contribution in [3.05, 3.63) is 47.2 Å². The summed E-state index contributed by atoms with van der Waals surface area (Å²) < 4.78 is 1.04. The van der Waals surface area contributed by atoms with Gasteiger partial charge in [0.05, 0.1) is 10.2 Å². The number of fused-ring (bicyclic) bond motifs is 1. The van der Waals surface area contributed by atoms with Crippen LogP contribution in [0.4, 0.5) is 10.9 Å². The molecule has 0 amide bonds. The van der Waals surface area contributed by atoms with Crippen LogP contribution in [0, 0.1) is 13.8 Å². The monoisotopic (exact) mass is 299 g/mol. The number of hydrogen-bond acceptors (Lipinski definition) is 5. The molecule has 3 rings (SSSR count). The molecule has 6 heteroatoms. The number of hydrogen-bond donors (Lipinski definition) is 2. The molecule has 2 N–H and O–H groups in total. The number of aromatic nitrogens is 2. The number of carboxylic acids is 1. The Hall–Kier alpha value is -2.47. The maximum atomic E-state index is 11.4. The fourth-order valence-corrected chi connectivity index (χ4v) is 3.09. The summed E-state index contributed by atoms with van der Waals surface area (Å²) in [6.45, 7) is 3.60. The van der Waals surface area contributed by atoms with Gasteiger partial charge in [-0.15, -0.1) is 0 Å². The van der Waals surface area contributed by atoms with E-state index in [-0.39, 0.29) is 5.56 Å². The molecule has 0 radical (unpaired) electrons. The van der Waals surface area contributed by atoms with Crippen molar-refractivity contribution in [3.8, 4) is 0 Å². The lowest BCUT2D eigenvalue weighted by atomic mass is 10.1. The first-order chi connectivity index (χ1) is 10.0. The van der Waals surface area contributed by atoms with E-state index in [2.05, 4.69) is 15.3 Å². The maximum absolute atomic E-state index is 11.4. The quantitative estimate of drug-likeness (QED) is 0.770. The van der Waals surface area contributed by atoms with Crippen LogP contribution in [0.1, 0.15) is 21.6 Å². The number of anilines is 2. The number of pyridine rings is 1. The van der Waals surface area contributed by atoms with Gasteiger partial charge in [0.25, 0.3) is 0 Å². The summed E-state index contributed by atoms with van der Waals surface area (Å²) in [5.41, 5.74) is 2.51. The molecule has 0 saturated carbocycles. The zero-order valence-corrected chi connectivity index (χ0v) is 12.4.